The molecule has 10 nitrogen and oxygen atoms in total. The summed E-state index contributed by atoms with van der Waals surface area (Å²) in [5, 5.41) is 11.3. The molecule has 0 saturated carbocycles. The smallest absolute Gasteiger partial charge is 0.312 e. The van der Waals surface area contributed by atoms with E-state index in [9.17, 15) is 27.7 Å². The molecule has 3 rings (SSSR count). The molecule has 0 aromatic heterocycles. The van der Waals surface area contributed by atoms with Crippen molar-refractivity contribution >= 4 is 21.7 Å². The van der Waals surface area contributed by atoms with Gasteiger partial charge < -0.3 is 9.64 Å². The van der Waals surface area contributed by atoms with Gasteiger partial charge in [-0.25, -0.2) is 4.39 Å². The third-order valence-corrected chi connectivity index (χ3v) is 6.36. The van der Waals surface area contributed by atoms with E-state index in [4.69, 9.17) is 9.29 Å². The Labute approximate surface area is 190 Å². The zero-order chi connectivity index (χ0) is 24.3. The first-order chi connectivity index (χ1) is 15.5. The number of carbonyl (C=O) groups excluding carboxylic acids is 1. The molecule has 2 aromatic rings. The monoisotopic (exact) mass is 481 g/mol. The second-order valence-corrected chi connectivity index (χ2v) is 9.37. The maximum atomic E-state index is 13.1. The van der Waals surface area contributed by atoms with Crippen molar-refractivity contribution in [2.24, 2.45) is 0 Å². The largest absolute Gasteiger partial charge is 0.477 e. The summed E-state index contributed by atoms with van der Waals surface area (Å²) in [7, 11) is -4.63. The van der Waals surface area contributed by atoms with Crippen molar-refractivity contribution in [1.82, 2.24) is 9.80 Å². The van der Waals surface area contributed by atoms with Gasteiger partial charge in [0.15, 0.2) is 12.4 Å². The van der Waals surface area contributed by atoms with E-state index in [-0.39, 0.29) is 29.6 Å². The van der Waals surface area contributed by atoms with Crippen LogP contribution in [-0.2, 0) is 21.5 Å². The molecule has 0 unspecified atom stereocenters. The lowest BCUT2D eigenvalue weighted by molar-refractivity contribution is -0.386. The Kier molecular flexibility index (Phi) is 7.30. The molecule has 2 aromatic carbocycles. The van der Waals surface area contributed by atoms with Crippen molar-refractivity contribution in [1.29, 1.82) is 0 Å². The summed E-state index contributed by atoms with van der Waals surface area (Å²) in [4.78, 5) is 26.4. The van der Waals surface area contributed by atoms with E-state index < -0.39 is 32.2 Å². The van der Waals surface area contributed by atoms with Gasteiger partial charge in [0.05, 0.1) is 4.92 Å². The highest BCUT2D eigenvalue weighted by atomic mass is 32.2. The van der Waals surface area contributed by atoms with Gasteiger partial charge in [-0.05, 0) is 43.7 Å². The number of piperazine rings is 1. The number of hydrogen-bond donors (Lipinski definition) is 1. The first-order valence-corrected chi connectivity index (χ1v) is 11.6. The van der Waals surface area contributed by atoms with Crippen LogP contribution in [0.4, 0.5) is 10.1 Å². The Morgan fingerprint density at radius 1 is 1.18 bits per heavy atom. The molecule has 2 atom stereocenters. The number of nitro benzene ring substituents is 1. The van der Waals surface area contributed by atoms with Crippen LogP contribution in [0, 0.1) is 15.9 Å². The molecule has 1 fully saturated rings. The normalized spacial score (nSPS) is 19.3. The van der Waals surface area contributed by atoms with Gasteiger partial charge in [0.25, 0.3) is 16.0 Å². The third kappa shape index (κ3) is 6.03. The molecule has 1 heterocycles. The van der Waals surface area contributed by atoms with Crippen LogP contribution in [0.5, 0.6) is 5.75 Å². The third-order valence-electron chi connectivity index (χ3n) is 5.51. The van der Waals surface area contributed by atoms with E-state index in [0.717, 1.165) is 17.7 Å². The fraction of sp³-hybridized carbons (Fsp3) is 0.381. The number of amides is 1. The minimum Gasteiger partial charge on any atom is -0.477 e. The molecular weight excluding hydrogens is 457 g/mol. The summed E-state index contributed by atoms with van der Waals surface area (Å²) >= 11 is 0. The predicted molar refractivity (Wildman–Crippen MR) is 116 cm³/mol. The second-order valence-electron chi connectivity index (χ2n) is 7.95. The lowest BCUT2D eigenvalue weighted by Crippen LogP contribution is -2.58. The Balaban J connectivity index is 1.64. The van der Waals surface area contributed by atoms with Crippen molar-refractivity contribution in [3.8, 4) is 5.75 Å². The maximum absolute atomic E-state index is 13.1. The molecule has 33 heavy (non-hydrogen) atoms. The first kappa shape index (κ1) is 24.6. The molecule has 0 aliphatic carbocycles. The summed E-state index contributed by atoms with van der Waals surface area (Å²) in [6.45, 7) is 4.97. The van der Waals surface area contributed by atoms with Crippen LogP contribution in [0.1, 0.15) is 19.4 Å². The molecular formula is C21H24FN3O7S. The number of hydrogen-bond acceptors (Lipinski definition) is 7. The Morgan fingerprint density at radius 2 is 1.85 bits per heavy atom. The summed E-state index contributed by atoms with van der Waals surface area (Å²) in [5.74, 6) is -0.955. The maximum Gasteiger partial charge on any atom is 0.312 e. The Hall–Kier alpha value is -3.09. The molecule has 1 aliphatic heterocycles. The lowest BCUT2D eigenvalue weighted by Gasteiger charge is -2.44. The van der Waals surface area contributed by atoms with E-state index >= 15 is 0 Å². The summed E-state index contributed by atoms with van der Waals surface area (Å²) in [6, 6.07) is 8.77. The minimum atomic E-state index is -4.63. The van der Waals surface area contributed by atoms with Gasteiger partial charge in [0.1, 0.15) is 10.7 Å². The molecule has 0 bridgehead atoms. The van der Waals surface area contributed by atoms with Crippen molar-refractivity contribution in [3.63, 3.8) is 0 Å². The van der Waals surface area contributed by atoms with Gasteiger partial charge in [0, 0.05) is 37.8 Å². The fourth-order valence-electron chi connectivity index (χ4n) is 3.74. The molecule has 178 valence electrons. The molecule has 1 amide bonds. The summed E-state index contributed by atoms with van der Waals surface area (Å²) in [6.07, 6.45) is 0. The van der Waals surface area contributed by atoms with Gasteiger partial charge in [-0.3, -0.25) is 24.4 Å². The Morgan fingerprint density at radius 3 is 2.45 bits per heavy atom. The lowest BCUT2D eigenvalue weighted by atomic mass is 10.1. The number of rotatable bonds is 7. The average Bonchev–Trinajstić information content (AvgIpc) is 2.75. The summed E-state index contributed by atoms with van der Waals surface area (Å²) in [5.41, 5.74) is 0.280. The van der Waals surface area contributed by atoms with Gasteiger partial charge in [-0.1, -0.05) is 12.1 Å². The van der Waals surface area contributed by atoms with Gasteiger partial charge in [-0.15, -0.1) is 0 Å². The van der Waals surface area contributed by atoms with Crippen LogP contribution in [-0.4, -0.2) is 65.4 Å². The van der Waals surface area contributed by atoms with E-state index in [0.29, 0.717) is 25.7 Å². The van der Waals surface area contributed by atoms with Crippen LogP contribution in [0.15, 0.2) is 47.4 Å². The highest BCUT2D eigenvalue weighted by Gasteiger charge is 2.32. The Bertz CT molecular complexity index is 1140. The van der Waals surface area contributed by atoms with E-state index in [1.807, 2.05) is 13.8 Å². The van der Waals surface area contributed by atoms with E-state index in [1.165, 1.54) is 12.1 Å². The molecule has 0 spiro atoms. The van der Waals surface area contributed by atoms with Crippen molar-refractivity contribution in [2.75, 3.05) is 19.7 Å². The van der Waals surface area contributed by atoms with E-state index in [1.54, 1.807) is 17.0 Å². The number of benzene rings is 2. The van der Waals surface area contributed by atoms with Gasteiger partial charge >= 0.3 is 5.69 Å². The average molecular weight is 482 g/mol. The van der Waals surface area contributed by atoms with Gasteiger partial charge in [-0.2, -0.15) is 8.42 Å². The van der Waals surface area contributed by atoms with Crippen LogP contribution in [0.3, 0.4) is 0 Å². The van der Waals surface area contributed by atoms with Crippen molar-refractivity contribution in [2.45, 2.75) is 37.4 Å². The zero-order valence-corrected chi connectivity index (χ0v) is 18.9. The predicted octanol–water partition coefficient (Wildman–Crippen LogP) is 2.48. The molecule has 0 radical (unpaired) electrons. The number of carbonyl (C=O) groups is 1. The topological polar surface area (TPSA) is 130 Å². The second kappa shape index (κ2) is 9.81. The molecule has 1 aliphatic rings. The van der Waals surface area contributed by atoms with Crippen LogP contribution >= 0.6 is 0 Å². The van der Waals surface area contributed by atoms with Crippen molar-refractivity contribution in [3.05, 3.63) is 64.0 Å². The zero-order valence-electron chi connectivity index (χ0n) is 18.0. The fourth-order valence-corrected chi connectivity index (χ4v) is 4.24. The number of nitrogens with zero attached hydrogens (tertiary/aromatic N) is 3. The quantitative estimate of drug-likeness (QED) is 0.363. The minimum absolute atomic E-state index is 0.0126. The standard InChI is InChI=1S/C21H24FN3O7S/c1-14-11-24(15(2)10-23(14)12-16-3-5-17(22)6-4-16)21(26)13-32-20-8-7-18(33(29,30)31)9-19(20)25(27)28/h3-9,14-15H,10-13H2,1-2H3,(H,29,30,31)/t14-,15+/m0/s1. The first-order valence-electron chi connectivity index (χ1n) is 10.1. The summed E-state index contributed by atoms with van der Waals surface area (Å²) < 4.78 is 50.0. The highest BCUT2D eigenvalue weighted by molar-refractivity contribution is 7.85. The molecule has 12 heteroatoms. The van der Waals surface area contributed by atoms with Crippen LogP contribution in [0.2, 0.25) is 0 Å². The van der Waals surface area contributed by atoms with Gasteiger partial charge in [0.2, 0.25) is 0 Å². The highest BCUT2D eigenvalue weighted by Crippen LogP contribution is 2.30. The van der Waals surface area contributed by atoms with Crippen LogP contribution < -0.4 is 4.74 Å². The van der Waals surface area contributed by atoms with Crippen molar-refractivity contribution < 1.29 is 31.8 Å². The number of nitro groups is 1. The SMILES string of the molecule is C[C@@H]1CN(Cc2ccc(F)cc2)[C@@H](C)CN1C(=O)COc1ccc(S(=O)(=O)O)cc1[N+](=O)[O-]. The van der Waals surface area contributed by atoms with E-state index in [2.05, 4.69) is 4.90 Å². The number of halogens is 1. The molecule has 1 N–H and O–H groups in total. The van der Waals surface area contributed by atoms with Crippen LogP contribution in [0.25, 0.3) is 0 Å². The molecule has 1 saturated heterocycles. The number of ether oxygens (including phenoxy) is 1.